The van der Waals surface area contributed by atoms with Gasteiger partial charge in [0.25, 0.3) is 0 Å². The standard InChI is InChI=1S/C12H12ClNO.C7H11NS.3CH4/c1-8(2)12-7-11(14-15-12)9-5-3-4-6-10(9)13;1-5(2)7-8-6(3)4-9-7;;;/h3-8H,1-2H3;4-5H,1-3H3;3*1H4. The van der Waals surface area contributed by atoms with E-state index in [1.807, 2.05) is 37.3 Å². The van der Waals surface area contributed by atoms with Gasteiger partial charge in [-0.25, -0.2) is 4.98 Å². The largest absolute Gasteiger partial charge is 0.361 e. The van der Waals surface area contributed by atoms with E-state index in [9.17, 15) is 0 Å². The summed E-state index contributed by atoms with van der Waals surface area (Å²) >= 11 is 7.81. The zero-order valence-corrected chi connectivity index (χ0v) is 16.3. The number of rotatable bonds is 3. The Morgan fingerprint density at radius 2 is 1.63 bits per heavy atom. The maximum Gasteiger partial charge on any atom is 0.139 e. The summed E-state index contributed by atoms with van der Waals surface area (Å²) in [6.07, 6.45) is 0. The lowest BCUT2D eigenvalue weighted by atomic mass is 10.1. The van der Waals surface area contributed by atoms with Crippen LogP contribution in [0.3, 0.4) is 0 Å². The second kappa shape index (κ2) is 12.7. The van der Waals surface area contributed by atoms with Gasteiger partial charge in [0.15, 0.2) is 0 Å². The molecule has 5 heteroatoms. The van der Waals surface area contributed by atoms with Crippen LogP contribution in [0.1, 0.15) is 78.3 Å². The van der Waals surface area contributed by atoms with Gasteiger partial charge in [0.1, 0.15) is 11.5 Å². The number of halogens is 1. The van der Waals surface area contributed by atoms with Crippen molar-refractivity contribution in [1.29, 1.82) is 0 Å². The van der Waals surface area contributed by atoms with Gasteiger partial charge in [-0.1, -0.05) is 84.9 Å². The molecular weight excluding hydrogens is 376 g/mol. The van der Waals surface area contributed by atoms with Crippen molar-refractivity contribution >= 4 is 22.9 Å². The van der Waals surface area contributed by atoms with Crippen LogP contribution in [0.4, 0.5) is 0 Å². The zero-order chi connectivity index (χ0) is 17.7. The molecule has 3 rings (SSSR count). The number of aromatic nitrogens is 2. The topological polar surface area (TPSA) is 38.9 Å². The molecular formula is C22H35ClN2OS. The predicted molar refractivity (Wildman–Crippen MR) is 122 cm³/mol. The fourth-order valence-electron chi connectivity index (χ4n) is 1.99. The third-order valence-corrected chi connectivity index (χ3v) is 4.97. The number of hydrogen-bond acceptors (Lipinski definition) is 4. The van der Waals surface area contributed by atoms with Crippen LogP contribution in [0, 0.1) is 6.92 Å². The molecule has 0 amide bonds. The summed E-state index contributed by atoms with van der Waals surface area (Å²) in [5.41, 5.74) is 2.85. The second-order valence-corrected chi connectivity index (χ2v) is 7.53. The number of hydrogen-bond donors (Lipinski definition) is 0. The molecule has 2 heterocycles. The minimum Gasteiger partial charge on any atom is -0.361 e. The molecule has 152 valence electrons. The van der Waals surface area contributed by atoms with Crippen molar-refractivity contribution < 1.29 is 4.52 Å². The fraction of sp³-hybridized carbons (Fsp3) is 0.455. The molecule has 0 radical (unpaired) electrons. The molecule has 0 N–H and O–H groups in total. The van der Waals surface area contributed by atoms with E-state index in [4.69, 9.17) is 16.1 Å². The first-order chi connectivity index (χ1) is 11.4. The molecule has 3 nitrogen and oxygen atoms in total. The van der Waals surface area contributed by atoms with Crippen LogP contribution < -0.4 is 0 Å². The summed E-state index contributed by atoms with van der Waals surface area (Å²) in [5.74, 6) is 1.81. The van der Waals surface area contributed by atoms with Gasteiger partial charge in [-0.3, -0.25) is 0 Å². The maximum atomic E-state index is 6.07. The molecule has 0 bridgehead atoms. The Balaban J connectivity index is 0. The highest BCUT2D eigenvalue weighted by Crippen LogP contribution is 2.28. The van der Waals surface area contributed by atoms with Crippen molar-refractivity contribution in [3.8, 4) is 11.3 Å². The van der Waals surface area contributed by atoms with Gasteiger partial charge >= 0.3 is 0 Å². The van der Waals surface area contributed by atoms with Crippen LogP contribution >= 0.6 is 22.9 Å². The number of thiazole rings is 1. The van der Waals surface area contributed by atoms with Gasteiger partial charge in [-0.15, -0.1) is 11.3 Å². The average Bonchev–Trinajstić information content (AvgIpc) is 3.17. The van der Waals surface area contributed by atoms with Gasteiger partial charge in [0.2, 0.25) is 0 Å². The third kappa shape index (κ3) is 7.86. The Hall–Kier alpha value is -1.65. The van der Waals surface area contributed by atoms with Crippen LogP contribution in [0.2, 0.25) is 5.02 Å². The Morgan fingerprint density at radius 1 is 1.00 bits per heavy atom. The van der Waals surface area contributed by atoms with Crippen LogP contribution in [0.5, 0.6) is 0 Å². The van der Waals surface area contributed by atoms with Crippen molar-refractivity contribution in [3.05, 3.63) is 57.2 Å². The van der Waals surface area contributed by atoms with Crippen molar-refractivity contribution in [3.63, 3.8) is 0 Å². The molecule has 0 aliphatic heterocycles. The van der Waals surface area contributed by atoms with E-state index in [0.29, 0.717) is 16.9 Å². The molecule has 0 atom stereocenters. The molecule has 0 saturated carbocycles. The normalized spacial score (nSPS) is 9.63. The van der Waals surface area contributed by atoms with Crippen LogP contribution in [0.25, 0.3) is 11.3 Å². The molecule has 3 aromatic rings. The maximum absolute atomic E-state index is 6.07. The highest BCUT2D eigenvalue weighted by Gasteiger charge is 2.11. The summed E-state index contributed by atoms with van der Waals surface area (Å²) in [5, 5.41) is 8.04. The van der Waals surface area contributed by atoms with Gasteiger partial charge < -0.3 is 4.52 Å². The highest BCUT2D eigenvalue weighted by atomic mass is 35.5. The Bertz CT molecular complexity index is 778. The lowest BCUT2D eigenvalue weighted by molar-refractivity contribution is 0.373. The van der Waals surface area contributed by atoms with Gasteiger partial charge in [-0.2, -0.15) is 0 Å². The molecule has 0 aliphatic rings. The third-order valence-electron chi connectivity index (χ3n) is 3.38. The monoisotopic (exact) mass is 410 g/mol. The highest BCUT2D eigenvalue weighted by molar-refractivity contribution is 7.09. The molecule has 0 saturated heterocycles. The number of benzene rings is 1. The zero-order valence-electron chi connectivity index (χ0n) is 14.7. The van der Waals surface area contributed by atoms with Gasteiger partial charge in [-0.05, 0) is 13.0 Å². The Labute approximate surface area is 174 Å². The van der Waals surface area contributed by atoms with Crippen molar-refractivity contribution in [2.24, 2.45) is 0 Å². The smallest absolute Gasteiger partial charge is 0.139 e. The quantitative estimate of drug-likeness (QED) is 0.433. The second-order valence-electron chi connectivity index (χ2n) is 6.23. The summed E-state index contributed by atoms with van der Waals surface area (Å²) in [7, 11) is 0. The van der Waals surface area contributed by atoms with E-state index in [1.54, 1.807) is 11.3 Å². The Kier molecular flexibility index (Phi) is 13.0. The molecule has 27 heavy (non-hydrogen) atoms. The first-order valence-corrected chi connectivity index (χ1v) is 9.27. The molecule has 0 aliphatic carbocycles. The average molecular weight is 411 g/mol. The molecule has 2 aromatic heterocycles. The number of aryl methyl sites for hydroxylation is 1. The van der Waals surface area contributed by atoms with E-state index < -0.39 is 0 Å². The van der Waals surface area contributed by atoms with Crippen LogP contribution in [-0.2, 0) is 0 Å². The predicted octanol–water partition coefficient (Wildman–Crippen LogP) is 8.60. The lowest BCUT2D eigenvalue weighted by Crippen LogP contribution is -1.83. The summed E-state index contributed by atoms with van der Waals surface area (Å²) < 4.78 is 5.23. The molecule has 0 fully saturated rings. The summed E-state index contributed by atoms with van der Waals surface area (Å²) in [6.45, 7) is 10.5. The van der Waals surface area contributed by atoms with E-state index >= 15 is 0 Å². The molecule has 1 aromatic carbocycles. The minimum absolute atomic E-state index is 0. The van der Waals surface area contributed by atoms with Gasteiger partial charge in [0.05, 0.1) is 10.0 Å². The van der Waals surface area contributed by atoms with E-state index in [2.05, 4.69) is 43.2 Å². The minimum atomic E-state index is 0. The molecule has 0 unspecified atom stereocenters. The van der Waals surface area contributed by atoms with Crippen LogP contribution in [-0.4, -0.2) is 10.1 Å². The van der Waals surface area contributed by atoms with E-state index in [0.717, 1.165) is 22.7 Å². The van der Waals surface area contributed by atoms with Crippen molar-refractivity contribution in [1.82, 2.24) is 10.1 Å². The van der Waals surface area contributed by atoms with E-state index in [1.165, 1.54) is 5.01 Å². The lowest BCUT2D eigenvalue weighted by Gasteiger charge is -1.97. The van der Waals surface area contributed by atoms with Crippen molar-refractivity contribution in [2.75, 3.05) is 0 Å². The van der Waals surface area contributed by atoms with Crippen molar-refractivity contribution in [2.45, 2.75) is 68.7 Å². The first-order valence-electron chi connectivity index (χ1n) is 8.02. The summed E-state index contributed by atoms with van der Waals surface area (Å²) in [6, 6.07) is 9.55. The number of nitrogens with zero attached hydrogens (tertiary/aromatic N) is 2. The summed E-state index contributed by atoms with van der Waals surface area (Å²) in [4.78, 5) is 4.33. The SMILES string of the molecule is C.C.C.CC(C)c1cc(-c2ccccc2Cl)no1.Cc1csc(C(C)C)n1. The Morgan fingerprint density at radius 3 is 2.04 bits per heavy atom. The van der Waals surface area contributed by atoms with Gasteiger partial charge in [0, 0.05) is 34.5 Å². The molecule has 0 spiro atoms. The fourth-order valence-corrected chi connectivity index (χ4v) is 3.04. The van der Waals surface area contributed by atoms with Crippen LogP contribution in [0.15, 0.2) is 40.2 Å². The first kappa shape index (κ1) is 27.6. The van der Waals surface area contributed by atoms with E-state index in [-0.39, 0.29) is 22.3 Å².